The number of thiophene rings is 1. The van der Waals surface area contributed by atoms with Crippen molar-refractivity contribution in [2.45, 2.75) is 38.5 Å². The predicted octanol–water partition coefficient (Wildman–Crippen LogP) is 3.93. The standard InChI is InChI=1S/C21H22N4O2S/c26-21(27)14-6-4-10-25(12-14)19-17-15-7-1-2-8-16(15)28-20(17)24-18(23-19)13-5-3-9-22-11-13/h3,5,9,11,14H,1-2,4,6-8,10,12H2,(H,26,27). The van der Waals surface area contributed by atoms with Crippen LogP contribution in [0, 0.1) is 5.92 Å². The summed E-state index contributed by atoms with van der Waals surface area (Å²) in [5.74, 6) is 0.533. The molecule has 0 spiro atoms. The average Bonchev–Trinajstić information content (AvgIpc) is 3.12. The molecule has 7 heteroatoms. The number of carboxylic acid groups (broad SMARTS) is 1. The van der Waals surface area contributed by atoms with Crippen molar-refractivity contribution >= 4 is 33.3 Å². The molecule has 28 heavy (non-hydrogen) atoms. The SMILES string of the molecule is O=C(O)C1CCCN(c2nc(-c3cccnc3)nc3sc4c(c23)CCCC4)C1. The molecule has 0 bridgehead atoms. The molecule has 1 fully saturated rings. The molecule has 0 saturated carbocycles. The summed E-state index contributed by atoms with van der Waals surface area (Å²) < 4.78 is 0. The van der Waals surface area contributed by atoms with Gasteiger partial charge in [-0.05, 0) is 56.2 Å². The molecule has 0 amide bonds. The van der Waals surface area contributed by atoms with Gasteiger partial charge in [-0.1, -0.05) is 0 Å². The number of aromatic nitrogens is 3. The topological polar surface area (TPSA) is 79.2 Å². The molecule has 1 N–H and O–H groups in total. The molecule has 5 rings (SSSR count). The second-order valence-corrected chi connectivity index (χ2v) is 8.71. The molecule has 1 aliphatic heterocycles. The minimum atomic E-state index is -0.713. The number of anilines is 1. The monoisotopic (exact) mass is 394 g/mol. The Labute approximate surface area is 167 Å². The molecule has 144 valence electrons. The van der Waals surface area contributed by atoms with Gasteiger partial charge in [0.2, 0.25) is 0 Å². The van der Waals surface area contributed by atoms with Gasteiger partial charge in [-0.3, -0.25) is 9.78 Å². The lowest BCUT2D eigenvalue weighted by Crippen LogP contribution is -2.39. The van der Waals surface area contributed by atoms with Crippen LogP contribution >= 0.6 is 11.3 Å². The van der Waals surface area contributed by atoms with E-state index in [1.54, 1.807) is 23.7 Å². The maximum atomic E-state index is 11.6. The van der Waals surface area contributed by atoms with Gasteiger partial charge in [0, 0.05) is 35.9 Å². The van der Waals surface area contributed by atoms with Crippen molar-refractivity contribution < 1.29 is 9.90 Å². The zero-order valence-corrected chi connectivity index (χ0v) is 16.4. The summed E-state index contributed by atoms with van der Waals surface area (Å²) in [6, 6.07) is 3.87. The lowest BCUT2D eigenvalue weighted by Gasteiger charge is -2.32. The summed E-state index contributed by atoms with van der Waals surface area (Å²) >= 11 is 1.78. The highest BCUT2D eigenvalue weighted by atomic mass is 32.1. The van der Waals surface area contributed by atoms with E-state index in [1.807, 2.05) is 12.1 Å². The van der Waals surface area contributed by atoms with Crippen LogP contribution in [0.5, 0.6) is 0 Å². The van der Waals surface area contributed by atoms with Crippen LogP contribution in [0.25, 0.3) is 21.6 Å². The number of rotatable bonds is 3. The van der Waals surface area contributed by atoms with Gasteiger partial charge in [0.25, 0.3) is 0 Å². The lowest BCUT2D eigenvalue weighted by atomic mass is 9.95. The number of carboxylic acids is 1. The highest BCUT2D eigenvalue weighted by molar-refractivity contribution is 7.19. The Morgan fingerprint density at radius 3 is 2.93 bits per heavy atom. The molecule has 0 aromatic carbocycles. The van der Waals surface area contributed by atoms with Crippen molar-refractivity contribution in [1.82, 2.24) is 15.0 Å². The van der Waals surface area contributed by atoms with Crippen LogP contribution in [-0.4, -0.2) is 39.1 Å². The second-order valence-electron chi connectivity index (χ2n) is 7.63. The largest absolute Gasteiger partial charge is 0.481 e. The Morgan fingerprint density at radius 1 is 1.21 bits per heavy atom. The van der Waals surface area contributed by atoms with Gasteiger partial charge < -0.3 is 10.0 Å². The quantitative estimate of drug-likeness (QED) is 0.725. The Morgan fingerprint density at radius 2 is 2.11 bits per heavy atom. The first kappa shape index (κ1) is 17.6. The van der Waals surface area contributed by atoms with E-state index in [1.165, 1.54) is 23.3 Å². The third kappa shape index (κ3) is 3.03. The molecular weight excluding hydrogens is 372 g/mol. The first-order valence-corrected chi connectivity index (χ1v) is 10.7. The molecule has 0 radical (unpaired) electrons. The molecule has 1 aliphatic carbocycles. The van der Waals surface area contributed by atoms with Gasteiger partial charge in [-0.25, -0.2) is 9.97 Å². The second kappa shape index (κ2) is 7.13. The Hall–Kier alpha value is -2.54. The summed E-state index contributed by atoms with van der Waals surface area (Å²) in [4.78, 5) is 30.3. The first-order chi connectivity index (χ1) is 13.7. The maximum absolute atomic E-state index is 11.6. The van der Waals surface area contributed by atoms with E-state index in [4.69, 9.17) is 9.97 Å². The summed E-state index contributed by atoms with van der Waals surface area (Å²) in [5.41, 5.74) is 2.28. The van der Waals surface area contributed by atoms with Crippen molar-refractivity contribution in [2.75, 3.05) is 18.0 Å². The summed E-state index contributed by atoms with van der Waals surface area (Å²) in [7, 11) is 0. The van der Waals surface area contributed by atoms with Gasteiger partial charge >= 0.3 is 5.97 Å². The Bertz CT molecular complexity index is 1030. The van der Waals surface area contributed by atoms with Gasteiger partial charge in [0.15, 0.2) is 5.82 Å². The van der Waals surface area contributed by atoms with Crippen LogP contribution in [0.4, 0.5) is 5.82 Å². The molecule has 3 aromatic heterocycles. The fourth-order valence-electron chi connectivity index (χ4n) is 4.36. The number of carbonyl (C=O) groups is 1. The number of nitrogens with zero attached hydrogens (tertiary/aromatic N) is 4. The van der Waals surface area contributed by atoms with Crippen LogP contribution in [-0.2, 0) is 17.6 Å². The molecule has 1 saturated heterocycles. The van der Waals surface area contributed by atoms with Gasteiger partial charge in [0.05, 0.1) is 11.3 Å². The van der Waals surface area contributed by atoms with Crippen molar-refractivity contribution in [3.05, 3.63) is 35.0 Å². The van der Waals surface area contributed by atoms with E-state index < -0.39 is 5.97 Å². The Balaban J connectivity index is 1.68. The molecule has 3 aromatic rings. The van der Waals surface area contributed by atoms with Crippen LogP contribution in [0.15, 0.2) is 24.5 Å². The smallest absolute Gasteiger partial charge is 0.308 e. The molecule has 2 aliphatic rings. The molecule has 4 heterocycles. The molecule has 1 atom stereocenters. The highest BCUT2D eigenvalue weighted by Gasteiger charge is 2.30. The number of hydrogen-bond acceptors (Lipinski definition) is 6. The third-order valence-electron chi connectivity index (χ3n) is 5.79. The normalized spacial score (nSPS) is 19.6. The van der Waals surface area contributed by atoms with E-state index in [-0.39, 0.29) is 5.92 Å². The molecular formula is C21H22N4O2S. The zero-order chi connectivity index (χ0) is 19.1. The van der Waals surface area contributed by atoms with Crippen LogP contribution < -0.4 is 4.90 Å². The van der Waals surface area contributed by atoms with Crippen LogP contribution in [0.3, 0.4) is 0 Å². The molecule has 6 nitrogen and oxygen atoms in total. The fraction of sp³-hybridized carbons (Fsp3) is 0.429. The number of aliphatic carboxylic acids is 1. The van der Waals surface area contributed by atoms with Crippen molar-refractivity contribution in [3.63, 3.8) is 0 Å². The van der Waals surface area contributed by atoms with Gasteiger partial charge in [0.1, 0.15) is 10.6 Å². The van der Waals surface area contributed by atoms with E-state index >= 15 is 0 Å². The average molecular weight is 395 g/mol. The minimum absolute atomic E-state index is 0.338. The predicted molar refractivity (Wildman–Crippen MR) is 110 cm³/mol. The summed E-state index contributed by atoms with van der Waals surface area (Å²) in [6.45, 7) is 1.35. The maximum Gasteiger partial charge on any atom is 0.308 e. The van der Waals surface area contributed by atoms with E-state index in [2.05, 4.69) is 9.88 Å². The van der Waals surface area contributed by atoms with Crippen LogP contribution in [0.2, 0.25) is 0 Å². The van der Waals surface area contributed by atoms with E-state index in [0.717, 1.165) is 53.8 Å². The van der Waals surface area contributed by atoms with Crippen molar-refractivity contribution in [1.29, 1.82) is 0 Å². The van der Waals surface area contributed by atoms with Crippen LogP contribution in [0.1, 0.15) is 36.1 Å². The van der Waals surface area contributed by atoms with Gasteiger partial charge in [-0.2, -0.15) is 0 Å². The Kier molecular flexibility index (Phi) is 4.47. The number of hydrogen-bond donors (Lipinski definition) is 1. The third-order valence-corrected chi connectivity index (χ3v) is 6.97. The van der Waals surface area contributed by atoms with Crippen molar-refractivity contribution in [3.8, 4) is 11.4 Å². The number of aryl methyl sites for hydroxylation is 2. The lowest BCUT2D eigenvalue weighted by molar-refractivity contribution is -0.141. The number of fused-ring (bicyclic) bond motifs is 3. The minimum Gasteiger partial charge on any atom is -0.481 e. The fourth-order valence-corrected chi connectivity index (χ4v) is 5.62. The first-order valence-electron chi connectivity index (χ1n) is 9.91. The van der Waals surface area contributed by atoms with Crippen molar-refractivity contribution in [2.24, 2.45) is 5.92 Å². The molecule has 1 unspecified atom stereocenters. The summed E-state index contributed by atoms with van der Waals surface area (Å²) in [6.07, 6.45) is 9.73. The summed E-state index contributed by atoms with van der Waals surface area (Å²) in [5, 5.41) is 10.7. The number of piperidine rings is 1. The number of pyridine rings is 1. The van der Waals surface area contributed by atoms with E-state index in [9.17, 15) is 9.90 Å². The highest BCUT2D eigenvalue weighted by Crippen LogP contribution is 2.41. The zero-order valence-electron chi connectivity index (χ0n) is 15.6. The van der Waals surface area contributed by atoms with E-state index in [0.29, 0.717) is 12.4 Å². The van der Waals surface area contributed by atoms with Gasteiger partial charge in [-0.15, -0.1) is 11.3 Å².